The summed E-state index contributed by atoms with van der Waals surface area (Å²) in [5, 5.41) is 3.95. The molecule has 2 aromatic rings. The Labute approximate surface area is 165 Å². The van der Waals surface area contributed by atoms with Gasteiger partial charge in [0.25, 0.3) is 5.91 Å². The number of ether oxygens (including phenoxy) is 2. The predicted octanol–water partition coefficient (Wildman–Crippen LogP) is 3.71. The first-order chi connectivity index (χ1) is 12.8. The van der Waals surface area contributed by atoms with Crippen LogP contribution in [0.5, 0.6) is 11.5 Å². The van der Waals surface area contributed by atoms with Gasteiger partial charge in [0.15, 0.2) is 18.1 Å². The number of primary amides is 1. The zero-order valence-corrected chi connectivity index (χ0v) is 16.8. The van der Waals surface area contributed by atoms with Crippen LogP contribution >= 0.6 is 11.6 Å². The summed E-state index contributed by atoms with van der Waals surface area (Å²) in [7, 11) is 1.53. The fraction of sp³-hybridized carbons (Fsp3) is 0.381. The molecule has 0 aromatic heterocycles. The van der Waals surface area contributed by atoms with Crippen molar-refractivity contribution >= 4 is 17.5 Å². The molecular formula is C21H27ClN2O3. The van der Waals surface area contributed by atoms with E-state index in [2.05, 4.69) is 43.4 Å². The van der Waals surface area contributed by atoms with Crippen LogP contribution in [0.25, 0.3) is 0 Å². The number of carbonyl (C=O) groups excluding carboxylic acids is 1. The second-order valence-corrected chi connectivity index (χ2v) is 7.49. The maximum absolute atomic E-state index is 10.9. The molecule has 0 bridgehead atoms. The van der Waals surface area contributed by atoms with Gasteiger partial charge in [0.2, 0.25) is 0 Å². The number of amides is 1. The molecular weight excluding hydrogens is 364 g/mol. The summed E-state index contributed by atoms with van der Waals surface area (Å²) in [5.74, 6) is 0.228. The average molecular weight is 391 g/mol. The molecule has 0 aliphatic carbocycles. The van der Waals surface area contributed by atoms with Gasteiger partial charge < -0.3 is 20.5 Å². The van der Waals surface area contributed by atoms with Crippen LogP contribution in [0.2, 0.25) is 5.02 Å². The highest BCUT2D eigenvalue weighted by Crippen LogP contribution is 2.36. The van der Waals surface area contributed by atoms with Crippen LogP contribution < -0.4 is 20.5 Å². The minimum Gasteiger partial charge on any atom is -0.493 e. The van der Waals surface area contributed by atoms with Gasteiger partial charge in [-0.2, -0.15) is 0 Å². The van der Waals surface area contributed by atoms with Gasteiger partial charge >= 0.3 is 0 Å². The monoisotopic (exact) mass is 390 g/mol. The van der Waals surface area contributed by atoms with Gasteiger partial charge in [0, 0.05) is 12.1 Å². The number of rotatable bonds is 10. The lowest BCUT2D eigenvalue weighted by atomic mass is 9.95. The Morgan fingerprint density at radius 1 is 1.19 bits per heavy atom. The van der Waals surface area contributed by atoms with E-state index in [1.165, 1.54) is 12.7 Å². The fourth-order valence-corrected chi connectivity index (χ4v) is 2.98. The number of nitrogens with two attached hydrogens (primary N) is 1. The minimum atomic E-state index is -0.570. The zero-order valence-electron chi connectivity index (χ0n) is 16.0. The summed E-state index contributed by atoms with van der Waals surface area (Å²) >= 11 is 6.30. The van der Waals surface area contributed by atoms with E-state index >= 15 is 0 Å². The van der Waals surface area contributed by atoms with E-state index in [4.69, 9.17) is 26.8 Å². The number of aryl methyl sites for hydroxylation is 1. The van der Waals surface area contributed by atoms with Crippen molar-refractivity contribution < 1.29 is 14.3 Å². The van der Waals surface area contributed by atoms with Gasteiger partial charge in [-0.1, -0.05) is 41.9 Å². The molecule has 0 saturated heterocycles. The number of methoxy groups -OCH3 is 1. The first-order valence-electron chi connectivity index (χ1n) is 8.87. The molecule has 0 aliphatic rings. The van der Waals surface area contributed by atoms with Crippen molar-refractivity contribution in [1.82, 2.24) is 5.32 Å². The van der Waals surface area contributed by atoms with E-state index in [0.29, 0.717) is 23.1 Å². The summed E-state index contributed by atoms with van der Waals surface area (Å²) < 4.78 is 10.7. The molecule has 0 saturated carbocycles. The summed E-state index contributed by atoms with van der Waals surface area (Å²) in [6.07, 6.45) is 2.01. The molecule has 6 heteroatoms. The van der Waals surface area contributed by atoms with Crippen molar-refractivity contribution in [3.8, 4) is 11.5 Å². The van der Waals surface area contributed by atoms with Crippen LogP contribution in [0.15, 0.2) is 42.5 Å². The third kappa shape index (κ3) is 6.77. The van der Waals surface area contributed by atoms with Crippen molar-refractivity contribution in [2.75, 3.05) is 13.7 Å². The van der Waals surface area contributed by atoms with Crippen LogP contribution in [-0.2, 0) is 17.8 Å². The number of hydrogen-bond acceptors (Lipinski definition) is 4. The number of hydrogen-bond donors (Lipinski definition) is 2. The molecule has 146 valence electrons. The van der Waals surface area contributed by atoms with Gasteiger partial charge in [-0.05, 0) is 49.9 Å². The lowest BCUT2D eigenvalue weighted by Gasteiger charge is -2.27. The van der Waals surface area contributed by atoms with Gasteiger partial charge in [-0.25, -0.2) is 0 Å². The Morgan fingerprint density at radius 3 is 2.52 bits per heavy atom. The molecule has 0 aliphatic heterocycles. The smallest absolute Gasteiger partial charge is 0.255 e. The van der Waals surface area contributed by atoms with Gasteiger partial charge in [-0.3, -0.25) is 4.79 Å². The number of nitrogens with one attached hydrogen (secondary N) is 1. The minimum absolute atomic E-state index is 0.0449. The first kappa shape index (κ1) is 21.1. The molecule has 27 heavy (non-hydrogen) atoms. The van der Waals surface area contributed by atoms with Crippen molar-refractivity contribution in [1.29, 1.82) is 0 Å². The highest BCUT2D eigenvalue weighted by Gasteiger charge is 2.18. The SMILES string of the molecule is COc1cc(CNC(C)(C)CCc2ccccc2)cc(Cl)c1OCC(N)=O. The topological polar surface area (TPSA) is 73.6 Å². The highest BCUT2D eigenvalue weighted by atomic mass is 35.5. The van der Waals surface area contributed by atoms with Crippen LogP contribution in [0.3, 0.4) is 0 Å². The molecule has 0 radical (unpaired) electrons. The van der Waals surface area contributed by atoms with Gasteiger partial charge in [0.05, 0.1) is 12.1 Å². The molecule has 0 spiro atoms. The van der Waals surface area contributed by atoms with E-state index in [-0.39, 0.29) is 12.1 Å². The number of halogens is 1. The van der Waals surface area contributed by atoms with Crippen molar-refractivity contribution in [3.05, 3.63) is 58.6 Å². The van der Waals surface area contributed by atoms with Crippen LogP contribution in [0.4, 0.5) is 0 Å². The first-order valence-corrected chi connectivity index (χ1v) is 9.25. The largest absolute Gasteiger partial charge is 0.493 e. The lowest BCUT2D eigenvalue weighted by Crippen LogP contribution is -2.39. The molecule has 1 amide bonds. The Bertz CT molecular complexity index is 764. The third-order valence-corrected chi connectivity index (χ3v) is 4.58. The van der Waals surface area contributed by atoms with Crippen molar-refractivity contribution in [3.63, 3.8) is 0 Å². The molecule has 5 nitrogen and oxygen atoms in total. The summed E-state index contributed by atoms with van der Waals surface area (Å²) in [6.45, 7) is 4.74. The highest BCUT2D eigenvalue weighted by molar-refractivity contribution is 6.32. The molecule has 0 fully saturated rings. The van der Waals surface area contributed by atoms with Gasteiger partial charge in [-0.15, -0.1) is 0 Å². The van der Waals surface area contributed by atoms with E-state index in [1.54, 1.807) is 6.07 Å². The quantitative estimate of drug-likeness (QED) is 0.648. The summed E-state index contributed by atoms with van der Waals surface area (Å²) in [5.41, 5.74) is 7.37. The Morgan fingerprint density at radius 2 is 1.89 bits per heavy atom. The molecule has 2 rings (SSSR count). The third-order valence-electron chi connectivity index (χ3n) is 4.30. The Balaban J connectivity index is 1.99. The standard InChI is InChI=1S/C21H27ClN2O3/c1-21(2,10-9-15-7-5-4-6-8-15)24-13-16-11-17(22)20(18(12-16)26-3)27-14-19(23)25/h4-8,11-12,24H,9-10,13-14H2,1-3H3,(H2,23,25). The molecule has 2 aromatic carbocycles. The molecule has 0 heterocycles. The van der Waals surface area contributed by atoms with Crippen molar-refractivity contribution in [2.24, 2.45) is 5.73 Å². The summed E-state index contributed by atoms with van der Waals surface area (Å²) in [6, 6.07) is 14.1. The van der Waals surface area contributed by atoms with Crippen molar-refractivity contribution in [2.45, 2.75) is 38.8 Å². The normalized spacial score (nSPS) is 11.3. The Hall–Kier alpha value is -2.24. The average Bonchev–Trinajstić information content (AvgIpc) is 2.64. The predicted molar refractivity (Wildman–Crippen MR) is 108 cm³/mol. The van der Waals surface area contributed by atoms with Crippen LogP contribution in [0.1, 0.15) is 31.4 Å². The second-order valence-electron chi connectivity index (χ2n) is 7.09. The maximum Gasteiger partial charge on any atom is 0.255 e. The number of benzene rings is 2. The Kier molecular flexibility index (Phi) is 7.51. The van der Waals surface area contributed by atoms with E-state index in [9.17, 15) is 4.79 Å². The van der Waals surface area contributed by atoms with E-state index < -0.39 is 5.91 Å². The number of carbonyl (C=O) groups is 1. The van der Waals surface area contributed by atoms with E-state index in [1.807, 2.05) is 12.1 Å². The van der Waals surface area contributed by atoms with Crippen LogP contribution in [-0.4, -0.2) is 25.2 Å². The van der Waals surface area contributed by atoms with E-state index in [0.717, 1.165) is 18.4 Å². The fourth-order valence-electron chi connectivity index (χ4n) is 2.69. The molecule has 0 atom stereocenters. The maximum atomic E-state index is 10.9. The lowest BCUT2D eigenvalue weighted by molar-refractivity contribution is -0.119. The zero-order chi connectivity index (χ0) is 19.9. The van der Waals surface area contributed by atoms with Gasteiger partial charge in [0.1, 0.15) is 0 Å². The molecule has 0 unspecified atom stereocenters. The summed E-state index contributed by atoms with van der Waals surface area (Å²) in [4.78, 5) is 10.9. The second kappa shape index (κ2) is 9.62. The molecule has 3 N–H and O–H groups in total. The van der Waals surface area contributed by atoms with Crippen LogP contribution in [0, 0.1) is 0 Å².